The van der Waals surface area contributed by atoms with Crippen LogP contribution in [-0.2, 0) is 4.79 Å². The minimum Gasteiger partial charge on any atom is -0.370 e. The SMILES string of the molecule is CN=C(NCC1(C2CC2)CCC1)N1CCCC(CC(N)=O)C1.I. The largest absolute Gasteiger partial charge is 0.370 e. The number of likely N-dealkylation sites (tertiary alicyclic amines) is 1. The highest BCUT2D eigenvalue weighted by Crippen LogP contribution is 2.56. The van der Waals surface area contributed by atoms with Gasteiger partial charge in [-0.25, -0.2) is 0 Å². The van der Waals surface area contributed by atoms with E-state index in [-0.39, 0.29) is 29.9 Å². The zero-order chi connectivity index (χ0) is 15.6. The summed E-state index contributed by atoms with van der Waals surface area (Å²) in [5.41, 5.74) is 5.91. The molecule has 2 aliphatic carbocycles. The van der Waals surface area contributed by atoms with Crippen LogP contribution in [0.3, 0.4) is 0 Å². The quantitative estimate of drug-likeness (QED) is 0.397. The first-order valence-electron chi connectivity index (χ1n) is 8.87. The summed E-state index contributed by atoms with van der Waals surface area (Å²) < 4.78 is 0. The molecule has 1 atom stereocenters. The van der Waals surface area contributed by atoms with Crippen molar-refractivity contribution in [2.45, 2.75) is 51.4 Å². The highest BCUT2D eigenvalue weighted by Gasteiger charge is 2.48. The van der Waals surface area contributed by atoms with Gasteiger partial charge in [-0.05, 0) is 55.8 Å². The van der Waals surface area contributed by atoms with Crippen molar-refractivity contribution in [2.24, 2.45) is 28.0 Å². The maximum absolute atomic E-state index is 11.2. The van der Waals surface area contributed by atoms with Crippen LogP contribution in [0.25, 0.3) is 0 Å². The van der Waals surface area contributed by atoms with Gasteiger partial charge in [0.2, 0.25) is 5.91 Å². The number of rotatable bonds is 5. The van der Waals surface area contributed by atoms with E-state index in [1.165, 1.54) is 32.1 Å². The molecule has 1 heterocycles. The highest BCUT2D eigenvalue weighted by molar-refractivity contribution is 14.0. The molecule has 3 rings (SSSR count). The number of primary amides is 1. The number of aliphatic imine (C=N–C) groups is 1. The summed E-state index contributed by atoms with van der Waals surface area (Å²) in [7, 11) is 1.87. The fraction of sp³-hybridized carbons (Fsp3) is 0.882. The van der Waals surface area contributed by atoms with Crippen LogP contribution in [0.4, 0.5) is 0 Å². The molecular weight excluding hydrogens is 403 g/mol. The van der Waals surface area contributed by atoms with Gasteiger partial charge in [-0.15, -0.1) is 24.0 Å². The number of guanidine groups is 1. The molecule has 0 aromatic rings. The average Bonchev–Trinajstić information content (AvgIpc) is 3.26. The maximum Gasteiger partial charge on any atom is 0.217 e. The molecule has 1 saturated heterocycles. The lowest BCUT2D eigenvalue weighted by Gasteiger charge is -2.44. The van der Waals surface area contributed by atoms with Crippen LogP contribution in [0.15, 0.2) is 4.99 Å². The third-order valence-corrected chi connectivity index (χ3v) is 5.91. The Morgan fingerprint density at radius 2 is 2.04 bits per heavy atom. The molecule has 1 amide bonds. The summed E-state index contributed by atoms with van der Waals surface area (Å²) in [5.74, 6) is 2.17. The van der Waals surface area contributed by atoms with E-state index in [4.69, 9.17) is 5.73 Å². The van der Waals surface area contributed by atoms with Gasteiger partial charge in [0.25, 0.3) is 0 Å². The predicted octanol–water partition coefficient (Wildman–Crippen LogP) is 2.35. The number of nitrogens with one attached hydrogen (secondary N) is 1. The van der Waals surface area contributed by atoms with Crippen LogP contribution in [-0.4, -0.2) is 43.4 Å². The molecule has 6 heteroatoms. The second kappa shape index (κ2) is 8.03. The number of nitrogens with zero attached hydrogens (tertiary/aromatic N) is 2. The van der Waals surface area contributed by atoms with Crippen molar-refractivity contribution >= 4 is 35.8 Å². The molecular formula is C17H31IN4O. The lowest BCUT2D eigenvalue weighted by atomic mass is 9.65. The van der Waals surface area contributed by atoms with E-state index >= 15 is 0 Å². The molecule has 3 N–H and O–H groups in total. The zero-order valence-corrected chi connectivity index (χ0v) is 16.6. The molecule has 132 valence electrons. The first-order chi connectivity index (χ1) is 10.6. The number of amides is 1. The van der Waals surface area contributed by atoms with Crippen molar-refractivity contribution < 1.29 is 4.79 Å². The van der Waals surface area contributed by atoms with Crippen LogP contribution in [0.1, 0.15) is 51.4 Å². The molecule has 23 heavy (non-hydrogen) atoms. The van der Waals surface area contributed by atoms with E-state index in [0.717, 1.165) is 44.4 Å². The molecule has 0 aromatic heterocycles. The number of piperidine rings is 1. The Bertz CT molecular complexity index is 446. The Kier molecular flexibility index (Phi) is 6.57. The van der Waals surface area contributed by atoms with Gasteiger partial charge < -0.3 is 16.0 Å². The molecule has 0 bridgehead atoms. The summed E-state index contributed by atoms with van der Waals surface area (Å²) in [5, 5.41) is 3.64. The van der Waals surface area contributed by atoms with Crippen LogP contribution < -0.4 is 11.1 Å². The summed E-state index contributed by atoms with van der Waals surface area (Å²) in [6.45, 7) is 3.01. The van der Waals surface area contributed by atoms with E-state index in [1.54, 1.807) is 0 Å². The molecule has 3 aliphatic rings. The Morgan fingerprint density at radius 3 is 2.57 bits per heavy atom. The number of hydrogen-bond donors (Lipinski definition) is 2. The van der Waals surface area contributed by atoms with Crippen molar-refractivity contribution in [3.63, 3.8) is 0 Å². The van der Waals surface area contributed by atoms with E-state index in [2.05, 4.69) is 15.2 Å². The molecule has 3 fully saturated rings. The molecule has 0 radical (unpaired) electrons. The molecule has 1 unspecified atom stereocenters. The second-order valence-corrected chi connectivity index (χ2v) is 7.52. The summed E-state index contributed by atoms with van der Waals surface area (Å²) in [6, 6.07) is 0. The predicted molar refractivity (Wildman–Crippen MR) is 104 cm³/mol. The Morgan fingerprint density at radius 1 is 1.30 bits per heavy atom. The number of carbonyl (C=O) groups excluding carboxylic acids is 1. The third kappa shape index (κ3) is 4.51. The molecule has 0 spiro atoms. The number of nitrogens with two attached hydrogens (primary N) is 1. The Balaban J connectivity index is 0.00000192. The van der Waals surface area contributed by atoms with Gasteiger partial charge in [-0.2, -0.15) is 0 Å². The van der Waals surface area contributed by atoms with Crippen LogP contribution in [0, 0.1) is 17.3 Å². The fourth-order valence-corrected chi connectivity index (χ4v) is 4.35. The molecule has 2 saturated carbocycles. The summed E-state index contributed by atoms with van der Waals surface area (Å²) in [4.78, 5) is 18.0. The Hall–Kier alpha value is -0.530. The number of halogens is 1. The zero-order valence-electron chi connectivity index (χ0n) is 14.2. The topological polar surface area (TPSA) is 70.7 Å². The third-order valence-electron chi connectivity index (χ3n) is 5.91. The van der Waals surface area contributed by atoms with Gasteiger partial charge in [0.05, 0.1) is 0 Å². The van der Waals surface area contributed by atoms with Crippen molar-refractivity contribution in [1.29, 1.82) is 0 Å². The van der Waals surface area contributed by atoms with Crippen LogP contribution >= 0.6 is 24.0 Å². The van der Waals surface area contributed by atoms with Crippen LogP contribution in [0.5, 0.6) is 0 Å². The van der Waals surface area contributed by atoms with Gasteiger partial charge in [-0.3, -0.25) is 9.79 Å². The van der Waals surface area contributed by atoms with Crippen molar-refractivity contribution in [2.75, 3.05) is 26.7 Å². The number of hydrogen-bond acceptors (Lipinski definition) is 2. The van der Waals surface area contributed by atoms with Gasteiger partial charge in [0.15, 0.2) is 5.96 Å². The fourth-order valence-electron chi connectivity index (χ4n) is 4.35. The van der Waals surface area contributed by atoms with Gasteiger partial charge in [0.1, 0.15) is 0 Å². The first kappa shape index (κ1) is 18.8. The van der Waals surface area contributed by atoms with Gasteiger partial charge in [-0.1, -0.05) is 6.42 Å². The van der Waals surface area contributed by atoms with Crippen molar-refractivity contribution in [1.82, 2.24) is 10.2 Å². The minimum atomic E-state index is -0.183. The number of carbonyl (C=O) groups is 1. The van der Waals surface area contributed by atoms with Crippen molar-refractivity contribution in [3.05, 3.63) is 0 Å². The highest BCUT2D eigenvalue weighted by atomic mass is 127. The lowest BCUT2D eigenvalue weighted by molar-refractivity contribution is -0.119. The molecule has 5 nitrogen and oxygen atoms in total. The Labute approximate surface area is 156 Å². The average molecular weight is 434 g/mol. The van der Waals surface area contributed by atoms with E-state index in [9.17, 15) is 4.79 Å². The second-order valence-electron chi connectivity index (χ2n) is 7.52. The van der Waals surface area contributed by atoms with E-state index in [0.29, 0.717) is 17.8 Å². The van der Waals surface area contributed by atoms with Gasteiger partial charge >= 0.3 is 0 Å². The van der Waals surface area contributed by atoms with Crippen molar-refractivity contribution in [3.8, 4) is 0 Å². The first-order valence-corrected chi connectivity index (χ1v) is 8.87. The minimum absolute atomic E-state index is 0. The summed E-state index contributed by atoms with van der Waals surface area (Å²) in [6.07, 6.45) is 9.71. The lowest BCUT2D eigenvalue weighted by Crippen LogP contribution is -2.51. The smallest absolute Gasteiger partial charge is 0.217 e. The van der Waals surface area contributed by atoms with E-state index in [1.807, 2.05) is 7.05 Å². The standard InChI is InChI=1S/C17H30N4O.HI/c1-19-16(20-12-17(7-3-8-17)14-5-6-14)21-9-2-4-13(11-21)10-15(18)22;/h13-14H,2-12H2,1H3,(H2,18,22)(H,19,20);1H. The van der Waals surface area contributed by atoms with Gasteiger partial charge in [0, 0.05) is 33.1 Å². The summed E-state index contributed by atoms with van der Waals surface area (Å²) >= 11 is 0. The van der Waals surface area contributed by atoms with Crippen LogP contribution in [0.2, 0.25) is 0 Å². The normalized spacial score (nSPS) is 26.9. The maximum atomic E-state index is 11.2. The monoisotopic (exact) mass is 434 g/mol. The van der Waals surface area contributed by atoms with E-state index < -0.39 is 0 Å². The molecule has 1 aliphatic heterocycles. The molecule has 0 aromatic carbocycles.